The van der Waals surface area contributed by atoms with Crippen molar-refractivity contribution in [3.63, 3.8) is 0 Å². The third-order valence-corrected chi connectivity index (χ3v) is 5.39. The molecule has 0 aromatic heterocycles. The third-order valence-electron chi connectivity index (χ3n) is 5.39. The monoisotopic (exact) mass is 453 g/mol. The van der Waals surface area contributed by atoms with Gasteiger partial charge in [-0.05, 0) is 48.7 Å². The van der Waals surface area contributed by atoms with Crippen LogP contribution >= 0.6 is 0 Å². The van der Waals surface area contributed by atoms with Crippen LogP contribution in [0, 0.1) is 13.8 Å². The number of benzene rings is 2. The molecule has 1 aliphatic rings. The molecule has 0 aliphatic carbocycles. The number of hydrogen-bond donors (Lipinski definition) is 1. The third kappa shape index (κ3) is 4.75. The Hall–Kier alpha value is -3.65. The van der Waals surface area contributed by atoms with Gasteiger partial charge >= 0.3 is 5.97 Å². The first-order valence-corrected chi connectivity index (χ1v) is 10.4. The van der Waals surface area contributed by atoms with Gasteiger partial charge in [-0.3, -0.25) is 14.4 Å². The molecule has 1 atom stereocenters. The lowest BCUT2D eigenvalue weighted by atomic mass is 9.93. The van der Waals surface area contributed by atoms with Gasteiger partial charge in [0.2, 0.25) is 0 Å². The van der Waals surface area contributed by atoms with Crippen LogP contribution in [-0.4, -0.2) is 55.0 Å². The Morgan fingerprint density at radius 3 is 2.48 bits per heavy atom. The zero-order valence-corrected chi connectivity index (χ0v) is 19.3. The van der Waals surface area contributed by atoms with Gasteiger partial charge in [0.1, 0.15) is 17.3 Å². The molecule has 1 saturated heterocycles. The topological polar surface area (TPSA) is 102 Å². The van der Waals surface area contributed by atoms with Crippen LogP contribution in [0.2, 0.25) is 0 Å². The van der Waals surface area contributed by atoms with E-state index >= 15 is 0 Å². The molecule has 33 heavy (non-hydrogen) atoms. The summed E-state index contributed by atoms with van der Waals surface area (Å²) < 4.78 is 15.8. The maximum absolute atomic E-state index is 13.1. The summed E-state index contributed by atoms with van der Waals surface area (Å²) in [6.07, 6.45) is 0. The van der Waals surface area contributed by atoms with E-state index < -0.39 is 23.7 Å². The number of aliphatic hydroxyl groups is 1. The van der Waals surface area contributed by atoms with E-state index in [1.54, 1.807) is 30.3 Å². The molecule has 0 bridgehead atoms. The van der Waals surface area contributed by atoms with Crippen LogP contribution in [-0.2, 0) is 19.1 Å². The average molecular weight is 453 g/mol. The highest BCUT2D eigenvalue weighted by molar-refractivity contribution is 6.46. The number of amides is 1. The number of ketones is 1. The van der Waals surface area contributed by atoms with E-state index in [4.69, 9.17) is 14.2 Å². The highest BCUT2D eigenvalue weighted by Crippen LogP contribution is 2.42. The molecule has 2 aromatic carbocycles. The Kier molecular flexibility index (Phi) is 7.18. The van der Waals surface area contributed by atoms with Crippen LogP contribution in [0.15, 0.2) is 42.0 Å². The van der Waals surface area contributed by atoms with Gasteiger partial charge in [0.05, 0.1) is 30.9 Å². The number of Topliss-reactive ketones (excluding diaryl/α,β-unsaturated/α-hetero) is 1. The van der Waals surface area contributed by atoms with Crippen molar-refractivity contribution in [3.8, 4) is 11.5 Å². The molecule has 1 fully saturated rings. The number of methoxy groups -OCH3 is 2. The van der Waals surface area contributed by atoms with Gasteiger partial charge in [0, 0.05) is 20.6 Å². The Bertz CT molecular complexity index is 1140. The number of aryl methyl sites for hydroxylation is 2. The fraction of sp³-hybridized carbons (Fsp3) is 0.320. The predicted octanol–water partition coefficient (Wildman–Crippen LogP) is 3.31. The SMILES string of the molecule is COCCN1C(=O)C(=O)/C(=C(/O)c2cc(C)cc(C)c2OC)C1c1cccc(OC(C)=O)c1. The fourth-order valence-electron chi connectivity index (χ4n) is 4.11. The zero-order chi connectivity index (χ0) is 24.3. The van der Waals surface area contributed by atoms with E-state index in [-0.39, 0.29) is 30.2 Å². The normalized spacial score (nSPS) is 17.4. The van der Waals surface area contributed by atoms with Crippen molar-refractivity contribution in [2.75, 3.05) is 27.4 Å². The molecule has 1 amide bonds. The molecule has 0 saturated carbocycles. The summed E-state index contributed by atoms with van der Waals surface area (Å²) in [4.78, 5) is 38.9. The zero-order valence-electron chi connectivity index (χ0n) is 19.3. The van der Waals surface area contributed by atoms with Crippen molar-refractivity contribution in [2.45, 2.75) is 26.8 Å². The van der Waals surface area contributed by atoms with Gasteiger partial charge in [0.15, 0.2) is 0 Å². The van der Waals surface area contributed by atoms with E-state index in [9.17, 15) is 19.5 Å². The second-order valence-electron chi connectivity index (χ2n) is 7.81. The van der Waals surface area contributed by atoms with Crippen LogP contribution in [0.25, 0.3) is 5.76 Å². The summed E-state index contributed by atoms with van der Waals surface area (Å²) in [7, 11) is 2.97. The first kappa shape index (κ1) is 24.0. The average Bonchev–Trinajstić information content (AvgIpc) is 3.01. The van der Waals surface area contributed by atoms with Crippen molar-refractivity contribution >= 4 is 23.4 Å². The van der Waals surface area contributed by atoms with Crippen molar-refractivity contribution in [3.05, 3.63) is 64.2 Å². The lowest BCUT2D eigenvalue weighted by molar-refractivity contribution is -0.140. The van der Waals surface area contributed by atoms with Crippen molar-refractivity contribution in [2.24, 2.45) is 0 Å². The standard InChI is InChI=1S/C25H27NO7/c1-14-11-15(2)24(32-5)19(12-14)22(28)20-21(26(9-10-31-4)25(30)23(20)29)17-7-6-8-18(13-17)33-16(3)27/h6-8,11-13,21,28H,9-10H2,1-5H3/b22-20+. The van der Waals surface area contributed by atoms with Crippen LogP contribution < -0.4 is 9.47 Å². The predicted molar refractivity (Wildman–Crippen MR) is 121 cm³/mol. The molecular formula is C25H27NO7. The van der Waals surface area contributed by atoms with Crippen LogP contribution in [0.3, 0.4) is 0 Å². The molecule has 8 heteroatoms. The molecule has 1 heterocycles. The molecule has 8 nitrogen and oxygen atoms in total. The van der Waals surface area contributed by atoms with Crippen molar-refractivity contribution < 1.29 is 33.7 Å². The number of carbonyl (C=O) groups excluding carboxylic acids is 3. The van der Waals surface area contributed by atoms with Gasteiger partial charge < -0.3 is 24.2 Å². The number of aliphatic hydroxyl groups excluding tert-OH is 1. The lowest BCUT2D eigenvalue weighted by Crippen LogP contribution is -2.32. The number of esters is 1. The summed E-state index contributed by atoms with van der Waals surface area (Å²) >= 11 is 0. The molecule has 3 rings (SSSR count). The molecule has 2 aromatic rings. The minimum atomic E-state index is -0.902. The first-order valence-electron chi connectivity index (χ1n) is 10.4. The summed E-state index contributed by atoms with van der Waals surface area (Å²) in [5.74, 6) is -1.72. The summed E-state index contributed by atoms with van der Waals surface area (Å²) in [6, 6.07) is 9.23. The Balaban J connectivity index is 2.25. The molecule has 1 unspecified atom stereocenters. The smallest absolute Gasteiger partial charge is 0.308 e. The van der Waals surface area contributed by atoms with Crippen LogP contribution in [0.4, 0.5) is 0 Å². The number of hydrogen-bond acceptors (Lipinski definition) is 7. The summed E-state index contributed by atoms with van der Waals surface area (Å²) in [5, 5.41) is 11.3. The van der Waals surface area contributed by atoms with E-state index in [1.807, 2.05) is 19.9 Å². The maximum Gasteiger partial charge on any atom is 0.308 e. The second kappa shape index (κ2) is 9.87. The Labute approximate surface area is 192 Å². The Morgan fingerprint density at radius 2 is 1.85 bits per heavy atom. The molecular weight excluding hydrogens is 426 g/mol. The second-order valence-corrected chi connectivity index (χ2v) is 7.81. The van der Waals surface area contributed by atoms with Crippen molar-refractivity contribution in [1.82, 2.24) is 4.90 Å². The number of nitrogens with zero attached hydrogens (tertiary/aromatic N) is 1. The first-order chi connectivity index (χ1) is 15.7. The van der Waals surface area contributed by atoms with Crippen LogP contribution in [0.1, 0.15) is 35.2 Å². The van der Waals surface area contributed by atoms with Crippen molar-refractivity contribution in [1.29, 1.82) is 0 Å². The number of likely N-dealkylation sites (tertiary alicyclic amines) is 1. The Morgan fingerprint density at radius 1 is 1.12 bits per heavy atom. The summed E-state index contributed by atoms with van der Waals surface area (Å²) in [6.45, 7) is 5.30. The lowest BCUT2D eigenvalue weighted by Gasteiger charge is -2.25. The van der Waals surface area contributed by atoms with E-state index in [0.717, 1.165) is 11.1 Å². The van der Waals surface area contributed by atoms with Crippen LogP contribution in [0.5, 0.6) is 11.5 Å². The fourth-order valence-corrected chi connectivity index (χ4v) is 4.11. The van der Waals surface area contributed by atoms with Gasteiger partial charge in [-0.15, -0.1) is 0 Å². The van der Waals surface area contributed by atoms with Gasteiger partial charge in [-0.2, -0.15) is 0 Å². The number of rotatable bonds is 7. The van der Waals surface area contributed by atoms with Gasteiger partial charge in [-0.25, -0.2) is 0 Å². The highest BCUT2D eigenvalue weighted by atomic mass is 16.5. The molecule has 0 spiro atoms. The quantitative estimate of drug-likeness (QED) is 0.226. The number of carbonyl (C=O) groups is 3. The largest absolute Gasteiger partial charge is 0.507 e. The molecule has 1 N–H and O–H groups in total. The van der Waals surface area contributed by atoms with Gasteiger partial charge in [0.25, 0.3) is 11.7 Å². The molecule has 174 valence electrons. The minimum absolute atomic E-state index is 0.0700. The molecule has 1 aliphatic heterocycles. The highest BCUT2D eigenvalue weighted by Gasteiger charge is 2.46. The summed E-state index contributed by atoms with van der Waals surface area (Å²) in [5.41, 5.74) is 2.40. The van der Waals surface area contributed by atoms with E-state index in [1.165, 1.54) is 26.0 Å². The van der Waals surface area contributed by atoms with E-state index in [2.05, 4.69) is 0 Å². The van der Waals surface area contributed by atoms with Gasteiger partial charge in [-0.1, -0.05) is 18.2 Å². The number of ether oxygens (including phenoxy) is 3. The maximum atomic E-state index is 13.1. The van der Waals surface area contributed by atoms with E-state index in [0.29, 0.717) is 16.9 Å². The minimum Gasteiger partial charge on any atom is -0.507 e. The molecule has 0 radical (unpaired) electrons.